The van der Waals surface area contributed by atoms with E-state index in [9.17, 15) is 0 Å². The van der Waals surface area contributed by atoms with Gasteiger partial charge in [0.2, 0.25) is 0 Å². The second-order valence-corrected chi connectivity index (χ2v) is 8.94. The van der Waals surface area contributed by atoms with Gasteiger partial charge in [-0.05, 0) is 37.0 Å². The largest absolute Gasteiger partial charge is 0.350 e. The van der Waals surface area contributed by atoms with Crippen LogP contribution in [-0.2, 0) is 9.47 Å². The molecule has 0 bridgehead atoms. The Kier molecular flexibility index (Phi) is 5.72. The standard InChI is InChI=1S/C18H36NO2/c1-15(12-18(2,3)4)11-17-20-14-16(21-17)13-19(5)9-7-6-8-10-19/h15-17H,6-14H2,1-5H3/q+1/t15-,16+,17+/m0/s1. The monoisotopic (exact) mass is 298 g/mol. The molecule has 2 fully saturated rings. The SMILES string of the molecule is C[C@@H](C[C@@H]1OC[C@@H](C[N+]2(C)CCCCC2)O1)CC(C)(C)C. The van der Waals surface area contributed by atoms with Crippen LogP contribution >= 0.6 is 0 Å². The highest BCUT2D eigenvalue weighted by atomic mass is 16.7. The highest BCUT2D eigenvalue weighted by molar-refractivity contribution is 4.72. The molecule has 0 spiro atoms. The van der Waals surface area contributed by atoms with Gasteiger partial charge in [0.05, 0.1) is 26.7 Å². The molecule has 0 aromatic carbocycles. The van der Waals surface area contributed by atoms with Gasteiger partial charge in [0.15, 0.2) is 6.29 Å². The maximum absolute atomic E-state index is 6.18. The van der Waals surface area contributed by atoms with Crippen molar-refractivity contribution in [2.24, 2.45) is 11.3 Å². The molecule has 2 heterocycles. The van der Waals surface area contributed by atoms with Gasteiger partial charge >= 0.3 is 0 Å². The topological polar surface area (TPSA) is 18.5 Å². The van der Waals surface area contributed by atoms with E-state index >= 15 is 0 Å². The molecule has 3 heteroatoms. The maximum Gasteiger partial charge on any atom is 0.158 e. The van der Waals surface area contributed by atoms with Crippen molar-refractivity contribution >= 4 is 0 Å². The summed E-state index contributed by atoms with van der Waals surface area (Å²) < 4.78 is 13.3. The number of nitrogens with zero attached hydrogens (tertiary/aromatic N) is 1. The van der Waals surface area contributed by atoms with E-state index in [0.717, 1.165) is 19.6 Å². The first kappa shape index (κ1) is 17.2. The quantitative estimate of drug-likeness (QED) is 0.718. The molecule has 0 unspecified atom stereocenters. The number of hydrogen-bond donors (Lipinski definition) is 0. The Morgan fingerprint density at radius 3 is 2.43 bits per heavy atom. The first-order valence-corrected chi connectivity index (χ1v) is 8.86. The van der Waals surface area contributed by atoms with Crippen molar-refractivity contribution in [3.05, 3.63) is 0 Å². The molecule has 2 saturated heterocycles. The molecular formula is C18H36NO2+. The fourth-order valence-corrected chi connectivity index (χ4v) is 4.13. The molecule has 2 aliphatic rings. The van der Waals surface area contributed by atoms with Crippen LogP contribution in [0, 0.1) is 11.3 Å². The molecule has 0 aromatic rings. The van der Waals surface area contributed by atoms with Crippen molar-refractivity contribution < 1.29 is 14.0 Å². The summed E-state index contributed by atoms with van der Waals surface area (Å²) in [5, 5.41) is 0. The molecule has 0 amide bonds. The first-order chi connectivity index (χ1) is 9.76. The minimum absolute atomic E-state index is 0.0312. The molecule has 0 aliphatic carbocycles. The fraction of sp³-hybridized carbons (Fsp3) is 1.00. The average Bonchev–Trinajstić information content (AvgIpc) is 2.73. The van der Waals surface area contributed by atoms with E-state index in [1.165, 1.54) is 43.3 Å². The van der Waals surface area contributed by atoms with E-state index in [0.29, 0.717) is 17.4 Å². The molecular weight excluding hydrogens is 262 g/mol. The fourth-order valence-electron chi connectivity index (χ4n) is 4.13. The molecule has 0 saturated carbocycles. The highest BCUT2D eigenvalue weighted by Crippen LogP contribution is 2.29. The highest BCUT2D eigenvalue weighted by Gasteiger charge is 2.35. The van der Waals surface area contributed by atoms with Gasteiger partial charge in [0.25, 0.3) is 0 Å². The zero-order chi connectivity index (χ0) is 15.5. The number of likely N-dealkylation sites (tertiary alicyclic amines) is 1. The normalized spacial score (nSPS) is 31.3. The second kappa shape index (κ2) is 6.97. The summed E-state index contributed by atoms with van der Waals surface area (Å²) in [6.45, 7) is 13.8. The van der Waals surface area contributed by atoms with Crippen LogP contribution in [0.1, 0.15) is 59.8 Å². The van der Waals surface area contributed by atoms with Crippen molar-refractivity contribution in [3.8, 4) is 0 Å². The predicted molar refractivity (Wildman–Crippen MR) is 87.1 cm³/mol. The molecule has 124 valence electrons. The first-order valence-electron chi connectivity index (χ1n) is 8.86. The number of piperidine rings is 1. The number of quaternary nitrogens is 1. The number of ether oxygens (including phenoxy) is 2. The maximum atomic E-state index is 6.18. The van der Waals surface area contributed by atoms with Crippen molar-refractivity contribution in [2.45, 2.75) is 72.2 Å². The molecule has 0 radical (unpaired) electrons. The van der Waals surface area contributed by atoms with Crippen molar-refractivity contribution in [1.29, 1.82) is 0 Å². The van der Waals surface area contributed by atoms with Gasteiger partial charge in [0, 0.05) is 6.42 Å². The number of likely N-dealkylation sites (N-methyl/N-ethyl adjacent to an activating group) is 1. The lowest BCUT2D eigenvalue weighted by Crippen LogP contribution is -2.52. The minimum atomic E-state index is 0.0312. The van der Waals surface area contributed by atoms with E-state index in [2.05, 4.69) is 34.7 Å². The smallest absolute Gasteiger partial charge is 0.158 e. The van der Waals surface area contributed by atoms with Crippen LogP contribution in [0.3, 0.4) is 0 Å². The molecule has 3 atom stereocenters. The van der Waals surface area contributed by atoms with Crippen molar-refractivity contribution in [3.63, 3.8) is 0 Å². The van der Waals surface area contributed by atoms with Gasteiger partial charge in [-0.1, -0.05) is 27.7 Å². The third-order valence-electron chi connectivity index (χ3n) is 4.91. The predicted octanol–water partition coefficient (Wildman–Crippen LogP) is 3.82. The molecule has 21 heavy (non-hydrogen) atoms. The zero-order valence-electron chi connectivity index (χ0n) is 14.9. The van der Waals surface area contributed by atoms with E-state index in [-0.39, 0.29) is 6.29 Å². The summed E-state index contributed by atoms with van der Waals surface area (Å²) in [4.78, 5) is 0. The van der Waals surface area contributed by atoms with Crippen LogP contribution in [0.15, 0.2) is 0 Å². The van der Waals surface area contributed by atoms with E-state index < -0.39 is 0 Å². The second-order valence-electron chi connectivity index (χ2n) is 8.94. The lowest BCUT2D eigenvalue weighted by atomic mass is 9.84. The summed E-state index contributed by atoms with van der Waals surface area (Å²) >= 11 is 0. The Bertz CT molecular complexity index is 318. The molecule has 2 rings (SSSR count). The van der Waals surface area contributed by atoms with Crippen LogP contribution in [0.25, 0.3) is 0 Å². The van der Waals surface area contributed by atoms with Gasteiger partial charge in [-0.25, -0.2) is 0 Å². The molecule has 3 nitrogen and oxygen atoms in total. The van der Waals surface area contributed by atoms with Gasteiger partial charge < -0.3 is 14.0 Å². The zero-order valence-corrected chi connectivity index (χ0v) is 14.9. The Morgan fingerprint density at radius 2 is 1.81 bits per heavy atom. The summed E-state index contributed by atoms with van der Waals surface area (Å²) in [5.41, 5.74) is 0.393. The summed E-state index contributed by atoms with van der Waals surface area (Å²) in [6.07, 6.45) is 6.75. The third kappa shape index (κ3) is 5.88. The Morgan fingerprint density at radius 1 is 1.14 bits per heavy atom. The van der Waals surface area contributed by atoms with Crippen LogP contribution in [0.4, 0.5) is 0 Å². The summed E-state index contributed by atoms with van der Waals surface area (Å²) in [6, 6.07) is 0. The van der Waals surface area contributed by atoms with E-state index in [1.54, 1.807) is 0 Å². The van der Waals surface area contributed by atoms with E-state index in [1.807, 2.05) is 0 Å². The van der Waals surface area contributed by atoms with E-state index in [4.69, 9.17) is 9.47 Å². The minimum Gasteiger partial charge on any atom is -0.350 e. The van der Waals surface area contributed by atoms with Crippen LogP contribution in [0.2, 0.25) is 0 Å². The lowest BCUT2D eigenvalue weighted by molar-refractivity contribution is -0.916. The summed E-state index contributed by atoms with van der Waals surface area (Å²) in [7, 11) is 2.39. The average molecular weight is 298 g/mol. The van der Waals surface area contributed by atoms with Crippen LogP contribution < -0.4 is 0 Å². The summed E-state index contributed by atoms with van der Waals surface area (Å²) in [5.74, 6) is 0.661. The Hall–Kier alpha value is -0.120. The molecule has 2 aliphatic heterocycles. The van der Waals surface area contributed by atoms with Crippen molar-refractivity contribution in [1.82, 2.24) is 0 Å². The Labute approximate surface area is 131 Å². The molecule has 0 N–H and O–H groups in total. The number of hydrogen-bond acceptors (Lipinski definition) is 2. The Balaban J connectivity index is 1.73. The lowest BCUT2D eigenvalue weighted by Gasteiger charge is -2.39. The van der Waals surface area contributed by atoms with Crippen LogP contribution in [-0.4, -0.2) is 50.2 Å². The third-order valence-corrected chi connectivity index (χ3v) is 4.91. The van der Waals surface area contributed by atoms with Crippen LogP contribution in [0.5, 0.6) is 0 Å². The molecule has 0 aromatic heterocycles. The van der Waals surface area contributed by atoms with Gasteiger partial charge in [-0.3, -0.25) is 0 Å². The number of rotatable bonds is 5. The van der Waals surface area contributed by atoms with Gasteiger partial charge in [0.1, 0.15) is 12.6 Å². The van der Waals surface area contributed by atoms with Gasteiger partial charge in [-0.15, -0.1) is 0 Å². The van der Waals surface area contributed by atoms with Gasteiger partial charge in [-0.2, -0.15) is 0 Å². The van der Waals surface area contributed by atoms with Crippen molar-refractivity contribution in [2.75, 3.05) is 33.3 Å².